The standard InChI is InChI=1S/C14H18N2S/c1-10-12(14(2,3)9-15)17-13(16-10)11-7-5-4-6-8-11/h4-8H,9,15H2,1-3H3. The molecule has 2 nitrogen and oxygen atoms in total. The van der Waals surface area contributed by atoms with Crippen molar-refractivity contribution in [3.05, 3.63) is 40.9 Å². The number of nitrogens with two attached hydrogens (primary N) is 1. The van der Waals surface area contributed by atoms with Crippen molar-refractivity contribution in [2.75, 3.05) is 6.54 Å². The Kier molecular flexibility index (Phi) is 3.31. The van der Waals surface area contributed by atoms with Crippen molar-refractivity contribution in [3.63, 3.8) is 0 Å². The first-order chi connectivity index (χ1) is 8.04. The van der Waals surface area contributed by atoms with Crippen molar-refractivity contribution in [1.82, 2.24) is 4.98 Å². The molecule has 90 valence electrons. The van der Waals surface area contributed by atoms with Gasteiger partial charge in [-0.2, -0.15) is 0 Å². The van der Waals surface area contributed by atoms with Crippen molar-refractivity contribution in [2.45, 2.75) is 26.2 Å². The molecule has 1 heterocycles. The van der Waals surface area contributed by atoms with E-state index in [-0.39, 0.29) is 5.41 Å². The molecule has 3 heteroatoms. The minimum Gasteiger partial charge on any atom is -0.330 e. The lowest BCUT2D eigenvalue weighted by atomic mass is 9.91. The van der Waals surface area contributed by atoms with Gasteiger partial charge in [0.15, 0.2) is 0 Å². The highest BCUT2D eigenvalue weighted by Gasteiger charge is 2.24. The van der Waals surface area contributed by atoms with Crippen LogP contribution >= 0.6 is 11.3 Å². The predicted octanol–water partition coefficient (Wildman–Crippen LogP) is 3.35. The van der Waals surface area contributed by atoms with E-state index in [1.165, 1.54) is 10.4 Å². The SMILES string of the molecule is Cc1nc(-c2ccccc2)sc1C(C)(C)CN. The fourth-order valence-electron chi connectivity index (χ4n) is 1.82. The van der Waals surface area contributed by atoms with Gasteiger partial charge in [-0.1, -0.05) is 44.2 Å². The lowest BCUT2D eigenvalue weighted by molar-refractivity contribution is 0.546. The second-order valence-corrected chi connectivity index (χ2v) is 5.89. The Hall–Kier alpha value is -1.19. The molecule has 2 rings (SSSR count). The monoisotopic (exact) mass is 246 g/mol. The van der Waals surface area contributed by atoms with Crippen LogP contribution in [0.5, 0.6) is 0 Å². The summed E-state index contributed by atoms with van der Waals surface area (Å²) < 4.78 is 0. The topological polar surface area (TPSA) is 38.9 Å². The highest BCUT2D eigenvalue weighted by atomic mass is 32.1. The first-order valence-corrected chi connectivity index (χ1v) is 6.59. The van der Waals surface area contributed by atoms with Crippen LogP contribution in [0.4, 0.5) is 0 Å². The van der Waals surface area contributed by atoms with Gasteiger partial charge in [-0.3, -0.25) is 0 Å². The van der Waals surface area contributed by atoms with E-state index in [4.69, 9.17) is 5.73 Å². The summed E-state index contributed by atoms with van der Waals surface area (Å²) in [6, 6.07) is 10.3. The number of thiazole rings is 1. The van der Waals surface area contributed by atoms with E-state index >= 15 is 0 Å². The Labute approximate surface area is 107 Å². The lowest BCUT2D eigenvalue weighted by Gasteiger charge is -2.20. The second kappa shape index (κ2) is 4.59. The molecule has 0 aliphatic carbocycles. The average Bonchev–Trinajstić information content (AvgIpc) is 2.73. The third-order valence-electron chi connectivity index (χ3n) is 2.94. The third kappa shape index (κ3) is 2.40. The maximum atomic E-state index is 5.83. The quantitative estimate of drug-likeness (QED) is 0.902. The molecule has 0 aliphatic rings. The van der Waals surface area contributed by atoms with Crippen LogP contribution in [0.1, 0.15) is 24.4 Å². The zero-order valence-corrected chi connectivity index (χ0v) is 11.3. The fourth-order valence-corrected chi connectivity index (χ4v) is 3.00. The first-order valence-electron chi connectivity index (χ1n) is 5.78. The Morgan fingerprint density at radius 3 is 2.47 bits per heavy atom. The number of hydrogen-bond acceptors (Lipinski definition) is 3. The molecule has 17 heavy (non-hydrogen) atoms. The van der Waals surface area contributed by atoms with Crippen LogP contribution in [0.3, 0.4) is 0 Å². The maximum absolute atomic E-state index is 5.83. The van der Waals surface area contributed by atoms with Crippen LogP contribution in [-0.4, -0.2) is 11.5 Å². The van der Waals surface area contributed by atoms with E-state index in [2.05, 4.69) is 37.9 Å². The number of rotatable bonds is 3. The van der Waals surface area contributed by atoms with Gasteiger partial charge in [0.25, 0.3) is 0 Å². The third-order valence-corrected chi connectivity index (χ3v) is 4.51. The molecule has 0 saturated heterocycles. The molecule has 0 bridgehead atoms. The van der Waals surface area contributed by atoms with Crippen molar-refractivity contribution in [3.8, 4) is 10.6 Å². The zero-order chi connectivity index (χ0) is 12.5. The molecular weight excluding hydrogens is 228 g/mol. The Morgan fingerprint density at radius 1 is 1.24 bits per heavy atom. The summed E-state index contributed by atoms with van der Waals surface area (Å²) >= 11 is 1.75. The normalized spacial score (nSPS) is 11.8. The van der Waals surface area contributed by atoms with E-state index in [0.717, 1.165) is 10.7 Å². The summed E-state index contributed by atoms with van der Waals surface area (Å²) in [5.74, 6) is 0. The Morgan fingerprint density at radius 2 is 1.88 bits per heavy atom. The molecule has 1 aromatic heterocycles. The Bertz CT molecular complexity index is 500. The molecule has 0 aliphatic heterocycles. The van der Waals surface area contributed by atoms with Gasteiger partial charge in [-0.25, -0.2) is 4.98 Å². The molecular formula is C14H18N2S. The predicted molar refractivity (Wildman–Crippen MR) is 74.4 cm³/mol. The number of hydrogen-bond donors (Lipinski definition) is 1. The smallest absolute Gasteiger partial charge is 0.123 e. The molecule has 0 amide bonds. The molecule has 2 N–H and O–H groups in total. The maximum Gasteiger partial charge on any atom is 0.123 e. The van der Waals surface area contributed by atoms with Crippen LogP contribution in [0.25, 0.3) is 10.6 Å². The highest BCUT2D eigenvalue weighted by Crippen LogP contribution is 2.35. The van der Waals surface area contributed by atoms with Crippen molar-refractivity contribution >= 4 is 11.3 Å². The van der Waals surface area contributed by atoms with Crippen molar-refractivity contribution in [1.29, 1.82) is 0 Å². The largest absolute Gasteiger partial charge is 0.330 e. The molecule has 2 aromatic rings. The summed E-state index contributed by atoms with van der Waals surface area (Å²) in [5, 5.41) is 1.08. The summed E-state index contributed by atoms with van der Waals surface area (Å²) in [6.45, 7) is 7.05. The van der Waals surface area contributed by atoms with Gasteiger partial charge in [0.1, 0.15) is 5.01 Å². The van der Waals surface area contributed by atoms with Crippen LogP contribution in [0.15, 0.2) is 30.3 Å². The van der Waals surface area contributed by atoms with Gasteiger partial charge in [0.2, 0.25) is 0 Å². The summed E-state index contributed by atoms with van der Waals surface area (Å²) in [5.41, 5.74) is 8.12. The van der Waals surface area contributed by atoms with E-state index in [0.29, 0.717) is 6.54 Å². The average molecular weight is 246 g/mol. The van der Waals surface area contributed by atoms with E-state index in [1.54, 1.807) is 11.3 Å². The molecule has 0 atom stereocenters. The minimum atomic E-state index is 0.00871. The van der Waals surface area contributed by atoms with Crippen LogP contribution in [0.2, 0.25) is 0 Å². The zero-order valence-electron chi connectivity index (χ0n) is 10.5. The van der Waals surface area contributed by atoms with Crippen molar-refractivity contribution < 1.29 is 0 Å². The highest BCUT2D eigenvalue weighted by molar-refractivity contribution is 7.15. The van der Waals surface area contributed by atoms with Crippen LogP contribution < -0.4 is 5.73 Å². The van der Waals surface area contributed by atoms with E-state index in [9.17, 15) is 0 Å². The molecule has 0 unspecified atom stereocenters. The van der Waals surface area contributed by atoms with Gasteiger partial charge < -0.3 is 5.73 Å². The van der Waals surface area contributed by atoms with Gasteiger partial charge in [-0.05, 0) is 6.92 Å². The first kappa shape index (κ1) is 12.3. The molecule has 0 spiro atoms. The summed E-state index contributed by atoms with van der Waals surface area (Å²) in [7, 11) is 0. The Balaban J connectivity index is 2.45. The molecule has 0 fully saturated rings. The van der Waals surface area contributed by atoms with E-state index < -0.39 is 0 Å². The van der Waals surface area contributed by atoms with Crippen LogP contribution in [0, 0.1) is 6.92 Å². The van der Waals surface area contributed by atoms with Crippen LogP contribution in [-0.2, 0) is 5.41 Å². The molecule has 0 saturated carbocycles. The molecule has 1 aromatic carbocycles. The van der Waals surface area contributed by atoms with Gasteiger partial charge >= 0.3 is 0 Å². The summed E-state index contributed by atoms with van der Waals surface area (Å²) in [6.07, 6.45) is 0. The minimum absolute atomic E-state index is 0.00871. The van der Waals surface area contributed by atoms with E-state index in [1.807, 2.05) is 18.2 Å². The second-order valence-electron chi connectivity index (χ2n) is 4.89. The lowest BCUT2D eigenvalue weighted by Crippen LogP contribution is -2.27. The number of benzene rings is 1. The van der Waals surface area contributed by atoms with Crippen molar-refractivity contribution in [2.24, 2.45) is 5.73 Å². The fraction of sp³-hybridized carbons (Fsp3) is 0.357. The van der Waals surface area contributed by atoms with Gasteiger partial charge in [-0.15, -0.1) is 11.3 Å². The number of nitrogens with zero attached hydrogens (tertiary/aromatic N) is 1. The number of aromatic nitrogens is 1. The number of aryl methyl sites for hydroxylation is 1. The van der Waals surface area contributed by atoms with Gasteiger partial charge in [0.05, 0.1) is 5.69 Å². The molecule has 0 radical (unpaired) electrons. The van der Waals surface area contributed by atoms with Gasteiger partial charge in [0, 0.05) is 22.4 Å². The summed E-state index contributed by atoms with van der Waals surface area (Å²) in [4.78, 5) is 5.95.